The van der Waals surface area contributed by atoms with E-state index in [4.69, 9.17) is 28.9 Å². The van der Waals surface area contributed by atoms with Crippen LogP contribution in [0.25, 0.3) is 0 Å². The molecule has 3 rings (SSSR count). The second-order valence-corrected chi connectivity index (χ2v) is 5.87. The van der Waals surface area contributed by atoms with Crippen LogP contribution in [0.1, 0.15) is 35.6 Å². The second-order valence-electron chi connectivity index (χ2n) is 5.06. The molecule has 6 heteroatoms. The van der Waals surface area contributed by atoms with E-state index in [2.05, 4.69) is 10.2 Å². The summed E-state index contributed by atoms with van der Waals surface area (Å²) in [4.78, 5) is 11.7. The van der Waals surface area contributed by atoms with E-state index in [0.717, 1.165) is 29.7 Å². The summed E-state index contributed by atoms with van der Waals surface area (Å²) in [5.41, 5.74) is 8.42. The number of anilines is 1. The molecule has 0 spiro atoms. The van der Waals surface area contributed by atoms with Crippen molar-refractivity contribution in [3.05, 3.63) is 55.4 Å². The van der Waals surface area contributed by atoms with E-state index < -0.39 is 0 Å². The third-order valence-corrected chi connectivity index (χ3v) is 4.10. The first kappa shape index (κ1) is 13.5. The Balaban J connectivity index is 1.95. The van der Waals surface area contributed by atoms with Crippen molar-refractivity contribution in [2.45, 2.75) is 25.2 Å². The van der Waals surface area contributed by atoms with E-state index >= 15 is 0 Å². The molecule has 4 nitrogen and oxygen atoms in total. The molecule has 1 saturated carbocycles. The molecule has 1 heterocycles. The van der Waals surface area contributed by atoms with Gasteiger partial charge in [0.1, 0.15) is 0 Å². The molecule has 20 heavy (non-hydrogen) atoms. The number of rotatable bonds is 3. The van der Waals surface area contributed by atoms with E-state index in [1.807, 2.05) is 6.07 Å². The molecule has 0 aliphatic heterocycles. The molecule has 0 saturated heterocycles. The third kappa shape index (κ3) is 2.67. The Morgan fingerprint density at radius 3 is 2.50 bits per heavy atom. The summed E-state index contributed by atoms with van der Waals surface area (Å²) in [6.07, 6.45) is 2.60. The molecule has 1 aliphatic carbocycles. The standard InChI is InChI=1S/C14H13Cl2N3O/c15-12-3-8(17)4-13(16)11(12)6-9-5-10(7-1-2-7)14(20)19-18-9/h3-5,7H,1-2,6,17H2,(H,19,20). The summed E-state index contributed by atoms with van der Waals surface area (Å²) in [6.45, 7) is 0. The predicted molar refractivity (Wildman–Crippen MR) is 80.5 cm³/mol. The number of aromatic nitrogens is 2. The van der Waals surface area contributed by atoms with Gasteiger partial charge in [-0.2, -0.15) is 5.10 Å². The molecule has 0 radical (unpaired) electrons. The van der Waals surface area contributed by atoms with Crippen molar-refractivity contribution >= 4 is 28.9 Å². The van der Waals surface area contributed by atoms with Crippen LogP contribution in [0.5, 0.6) is 0 Å². The second kappa shape index (κ2) is 5.11. The maximum absolute atomic E-state index is 11.7. The molecule has 0 unspecified atom stereocenters. The van der Waals surface area contributed by atoms with Gasteiger partial charge in [-0.25, -0.2) is 5.10 Å². The van der Waals surface area contributed by atoms with Crippen molar-refractivity contribution in [1.29, 1.82) is 0 Å². The van der Waals surface area contributed by atoms with Crippen LogP contribution in [-0.2, 0) is 6.42 Å². The normalized spacial score (nSPS) is 14.5. The summed E-state index contributed by atoms with van der Waals surface area (Å²) in [5.74, 6) is 0.373. The smallest absolute Gasteiger partial charge is 0.267 e. The number of benzene rings is 1. The fourth-order valence-electron chi connectivity index (χ4n) is 2.23. The average molecular weight is 310 g/mol. The van der Waals surface area contributed by atoms with Gasteiger partial charge in [0, 0.05) is 27.7 Å². The molecule has 0 amide bonds. The van der Waals surface area contributed by atoms with Crippen molar-refractivity contribution in [3.8, 4) is 0 Å². The number of hydrogen-bond donors (Lipinski definition) is 2. The van der Waals surface area contributed by atoms with Gasteiger partial charge in [0.05, 0.1) is 5.69 Å². The first-order valence-corrected chi connectivity index (χ1v) is 7.12. The lowest BCUT2D eigenvalue weighted by atomic mass is 10.1. The highest BCUT2D eigenvalue weighted by atomic mass is 35.5. The zero-order chi connectivity index (χ0) is 14.3. The molecule has 0 atom stereocenters. The van der Waals surface area contributed by atoms with Gasteiger partial charge >= 0.3 is 0 Å². The number of aromatic amines is 1. The van der Waals surface area contributed by atoms with Crippen LogP contribution >= 0.6 is 23.2 Å². The number of nitrogen functional groups attached to an aromatic ring is 1. The number of nitrogens with two attached hydrogens (primary N) is 1. The first-order chi connectivity index (χ1) is 9.54. The Labute approximate surface area is 125 Å². The van der Waals surface area contributed by atoms with Gasteiger partial charge in [-0.1, -0.05) is 23.2 Å². The molecule has 1 fully saturated rings. The molecule has 1 aromatic heterocycles. The molecular formula is C14H13Cl2N3O. The highest BCUT2D eigenvalue weighted by Gasteiger charge is 2.26. The average Bonchev–Trinajstić information content (AvgIpc) is 3.19. The lowest BCUT2D eigenvalue weighted by molar-refractivity contribution is 0.875. The minimum absolute atomic E-state index is 0.106. The van der Waals surface area contributed by atoms with Crippen LogP contribution in [0.3, 0.4) is 0 Å². The summed E-state index contributed by atoms with van der Waals surface area (Å²) < 4.78 is 0. The van der Waals surface area contributed by atoms with Crippen molar-refractivity contribution < 1.29 is 0 Å². The highest BCUT2D eigenvalue weighted by Crippen LogP contribution is 2.38. The Hall–Kier alpha value is -1.52. The number of nitrogens with zero attached hydrogens (tertiary/aromatic N) is 1. The van der Waals surface area contributed by atoms with Crippen LogP contribution in [-0.4, -0.2) is 10.2 Å². The molecular weight excluding hydrogens is 297 g/mol. The zero-order valence-corrected chi connectivity index (χ0v) is 12.1. The molecule has 3 N–H and O–H groups in total. The zero-order valence-electron chi connectivity index (χ0n) is 10.6. The number of hydrogen-bond acceptors (Lipinski definition) is 3. The van der Waals surface area contributed by atoms with E-state index in [9.17, 15) is 4.79 Å². The molecule has 1 aliphatic rings. The Morgan fingerprint density at radius 2 is 1.90 bits per heavy atom. The quantitative estimate of drug-likeness (QED) is 0.856. The van der Waals surface area contributed by atoms with Crippen LogP contribution in [0.15, 0.2) is 23.0 Å². The van der Waals surface area contributed by atoms with Gasteiger partial charge in [-0.15, -0.1) is 0 Å². The summed E-state index contributed by atoms with van der Waals surface area (Å²) in [7, 11) is 0. The van der Waals surface area contributed by atoms with E-state index in [-0.39, 0.29) is 5.56 Å². The van der Waals surface area contributed by atoms with Gasteiger partial charge < -0.3 is 5.73 Å². The summed E-state index contributed by atoms with van der Waals surface area (Å²) in [6, 6.07) is 5.17. The number of halogens is 2. The van der Waals surface area contributed by atoms with Crippen molar-refractivity contribution in [1.82, 2.24) is 10.2 Å². The minimum atomic E-state index is -0.106. The molecule has 104 valence electrons. The van der Waals surface area contributed by atoms with Gasteiger partial charge in [0.25, 0.3) is 5.56 Å². The number of nitrogens with one attached hydrogen (secondary N) is 1. The van der Waals surface area contributed by atoms with Crippen molar-refractivity contribution in [2.75, 3.05) is 5.73 Å². The maximum atomic E-state index is 11.7. The van der Waals surface area contributed by atoms with Crippen molar-refractivity contribution in [2.24, 2.45) is 0 Å². The maximum Gasteiger partial charge on any atom is 0.267 e. The summed E-state index contributed by atoms with van der Waals surface area (Å²) >= 11 is 12.3. The third-order valence-electron chi connectivity index (χ3n) is 3.42. The van der Waals surface area contributed by atoms with Gasteiger partial charge in [-0.3, -0.25) is 4.79 Å². The Kier molecular flexibility index (Phi) is 3.44. The highest BCUT2D eigenvalue weighted by molar-refractivity contribution is 6.36. The Morgan fingerprint density at radius 1 is 1.25 bits per heavy atom. The lowest BCUT2D eigenvalue weighted by Crippen LogP contribution is -2.15. The molecule has 0 bridgehead atoms. The number of H-pyrrole nitrogens is 1. The van der Waals surface area contributed by atoms with Crippen molar-refractivity contribution in [3.63, 3.8) is 0 Å². The van der Waals surface area contributed by atoms with Crippen LogP contribution in [0.2, 0.25) is 10.0 Å². The van der Waals surface area contributed by atoms with E-state index in [1.165, 1.54) is 0 Å². The first-order valence-electron chi connectivity index (χ1n) is 6.36. The van der Waals surface area contributed by atoms with Crippen LogP contribution < -0.4 is 11.3 Å². The molecule has 2 aromatic rings. The van der Waals surface area contributed by atoms with Crippen LogP contribution in [0.4, 0.5) is 5.69 Å². The lowest BCUT2D eigenvalue weighted by Gasteiger charge is -2.08. The monoisotopic (exact) mass is 309 g/mol. The minimum Gasteiger partial charge on any atom is -0.399 e. The molecule has 1 aromatic carbocycles. The van der Waals surface area contributed by atoms with Crippen LogP contribution in [0, 0.1) is 0 Å². The van der Waals surface area contributed by atoms with E-state index in [1.54, 1.807) is 12.1 Å². The predicted octanol–water partition coefficient (Wildman–Crippen LogP) is 3.13. The van der Waals surface area contributed by atoms with Gasteiger partial charge in [0.15, 0.2) is 0 Å². The SMILES string of the molecule is Nc1cc(Cl)c(Cc2cc(C3CC3)c(=O)[nH]n2)c(Cl)c1. The topological polar surface area (TPSA) is 71.8 Å². The van der Waals surface area contributed by atoms with Gasteiger partial charge in [0.2, 0.25) is 0 Å². The van der Waals surface area contributed by atoms with Gasteiger partial charge in [-0.05, 0) is 42.5 Å². The Bertz CT molecular complexity index is 700. The summed E-state index contributed by atoms with van der Waals surface area (Å²) in [5, 5.41) is 7.63. The fraction of sp³-hybridized carbons (Fsp3) is 0.286. The fourth-order valence-corrected chi connectivity index (χ4v) is 2.86. The largest absolute Gasteiger partial charge is 0.399 e. The van der Waals surface area contributed by atoms with E-state index in [0.29, 0.717) is 28.1 Å².